The minimum Gasteiger partial charge on any atom is -0.463 e. The minimum absolute atomic E-state index is 0.138. The van der Waals surface area contributed by atoms with Crippen LogP contribution in [0.1, 0.15) is 6.92 Å². The highest BCUT2D eigenvalue weighted by Crippen LogP contribution is 1.96. The molecule has 2 nitrogen and oxygen atoms in total. The second-order valence-electron chi connectivity index (χ2n) is 1.46. The van der Waals surface area contributed by atoms with Crippen LogP contribution >= 0.6 is 11.6 Å². The molecular weight excluding hydrogens is 140 g/mol. The van der Waals surface area contributed by atoms with Crippen molar-refractivity contribution in [2.45, 2.75) is 6.92 Å². The van der Waals surface area contributed by atoms with Gasteiger partial charge in [0.25, 0.3) is 0 Å². The minimum atomic E-state index is -0.410. The first kappa shape index (κ1) is 8.50. The fourth-order valence-corrected chi connectivity index (χ4v) is 0.397. The van der Waals surface area contributed by atoms with Crippen molar-refractivity contribution < 1.29 is 9.53 Å². The summed E-state index contributed by atoms with van der Waals surface area (Å²) in [6, 6.07) is 0. The monoisotopic (exact) mass is 148 g/mol. The maximum atomic E-state index is 10.6. The summed E-state index contributed by atoms with van der Waals surface area (Å²) in [5.74, 6) is -0.272. The van der Waals surface area contributed by atoms with Crippen molar-refractivity contribution >= 4 is 17.6 Å². The van der Waals surface area contributed by atoms with Crippen molar-refractivity contribution in [3.05, 3.63) is 12.2 Å². The molecular formula is C6H9ClO2. The van der Waals surface area contributed by atoms with Crippen LogP contribution in [-0.4, -0.2) is 18.5 Å². The van der Waals surface area contributed by atoms with E-state index in [1.807, 2.05) is 0 Å². The van der Waals surface area contributed by atoms with Crippen molar-refractivity contribution in [2.24, 2.45) is 0 Å². The smallest absolute Gasteiger partial charge is 0.334 e. The molecule has 0 saturated heterocycles. The molecule has 0 heterocycles. The summed E-state index contributed by atoms with van der Waals surface area (Å²) < 4.78 is 4.57. The Morgan fingerprint density at radius 1 is 1.78 bits per heavy atom. The Balaban J connectivity index is 3.60. The first-order chi connectivity index (χ1) is 4.22. The summed E-state index contributed by atoms with van der Waals surface area (Å²) in [6.45, 7) is 5.49. The predicted molar refractivity (Wildman–Crippen MR) is 36.5 cm³/mol. The quantitative estimate of drug-likeness (QED) is 0.343. The van der Waals surface area contributed by atoms with Crippen molar-refractivity contribution in [3.8, 4) is 0 Å². The summed E-state index contributed by atoms with van der Waals surface area (Å²) in [5, 5.41) is 0. The average Bonchev–Trinajstić information content (AvgIpc) is 1.87. The molecule has 0 radical (unpaired) electrons. The lowest BCUT2D eigenvalue weighted by molar-refractivity contribution is -0.138. The number of halogens is 1. The van der Waals surface area contributed by atoms with Crippen LogP contribution in [0.5, 0.6) is 0 Å². The van der Waals surface area contributed by atoms with Gasteiger partial charge < -0.3 is 4.74 Å². The molecule has 0 aliphatic carbocycles. The zero-order valence-electron chi connectivity index (χ0n) is 5.32. The molecule has 3 heteroatoms. The molecule has 9 heavy (non-hydrogen) atoms. The normalized spacial score (nSPS) is 8.67. The third kappa shape index (κ3) is 3.14. The van der Waals surface area contributed by atoms with Gasteiger partial charge in [-0.25, -0.2) is 4.79 Å². The fourth-order valence-electron chi connectivity index (χ4n) is 0.288. The van der Waals surface area contributed by atoms with Crippen LogP contribution in [0.3, 0.4) is 0 Å². The molecule has 0 amide bonds. The first-order valence-corrected chi connectivity index (χ1v) is 3.16. The molecule has 0 unspecified atom stereocenters. The second-order valence-corrected chi connectivity index (χ2v) is 1.72. The molecule has 0 aliphatic rings. The highest BCUT2D eigenvalue weighted by Gasteiger charge is 2.03. The Hall–Kier alpha value is -0.500. The van der Waals surface area contributed by atoms with Crippen molar-refractivity contribution in [3.63, 3.8) is 0 Å². The lowest BCUT2D eigenvalue weighted by atomic mass is 10.4. The molecule has 0 bridgehead atoms. The number of ether oxygens (including phenoxy) is 1. The molecule has 0 spiro atoms. The average molecular weight is 149 g/mol. The predicted octanol–water partition coefficient (Wildman–Crippen LogP) is 1.34. The van der Waals surface area contributed by atoms with E-state index in [9.17, 15) is 4.79 Å². The van der Waals surface area contributed by atoms with Crippen molar-refractivity contribution in [1.82, 2.24) is 0 Å². The molecule has 0 saturated carbocycles. The summed E-state index contributed by atoms with van der Waals surface area (Å²) in [7, 11) is 0. The van der Waals surface area contributed by atoms with Crippen LogP contribution in [0.2, 0.25) is 0 Å². The Bertz CT molecular complexity index is 120. The van der Waals surface area contributed by atoms with Gasteiger partial charge in [0, 0.05) is 5.57 Å². The maximum Gasteiger partial charge on any atom is 0.334 e. The molecule has 0 fully saturated rings. The molecule has 0 N–H and O–H groups in total. The largest absolute Gasteiger partial charge is 0.463 e. The Morgan fingerprint density at radius 3 is 2.67 bits per heavy atom. The Labute approximate surface area is 59.5 Å². The number of rotatable bonds is 3. The molecule has 52 valence electrons. The van der Waals surface area contributed by atoms with E-state index in [1.54, 1.807) is 6.92 Å². The third-order valence-corrected chi connectivity index (χ3v) is 1.05. The summed E-state index contributed by atoms with van der Waals surface area (Å²) in [4.78, 5) is 10.6. The van der Waals surface area contributed by atoms with E-state index in [4.69, 9.17) is 11.6 Å². The van der Waals surface area contributed by atoms with Gasteiger partial charge in [-0.05, 0) is 6.92 Å². The molecule has 0 atom stereocenters. The molecule has 0 aromatic carbocycles. The van der Waals surface area contributed by atoms with Crippen molar-refractivity contribution in [1.29, 1.82) is 0 Å². The van der Waals surface area contributed by atoms with E-state index in [-0.39, 0.29) is 5.88 Å². The van der Waals surface area contributed by atoms with E-state index in [2.05, 4.69) is 11.3 Å². The first-order valence-electron chi connectivity index (χ1n) is 2.63. The highest BCUT2D eigenvalue weighted by molar-refractivity contribution is 6.22. The Kier molecular flexibility index (Phi) is 4.14. The van der Waals surface area contributed by atoms with Gasteiger partial charge in [0.15, 0.2) is 0 Å². The van der Waals surface area contributed by atoms with Crippen LogP contribution < -0.4 is 0 Å². The van der Waals surface area contributed by atoms with Gasteiger partial charge in [0.2, 0.25) is 0 Å². The van der Waals surface area contributed by atoms with Crippen LogP contribution in [-0.2, 0) is 9.53 Å². The van der Waals surface area contributed by atoms with E-state index < -0.39 is 5.97 Å². The van der Waals surface area contributed by atoms with E-state index in [0.29, 0.717) is 12.2 Å². The highest BCUT2D eigenvalue weighted by atomic mass is 35.5. The number of hydrogen-bond donors (Lipinski definition) is 0. The van der Waals surface area contributed by atoms with Crippen molar-refractivity contribution in [2.75, 3.05) is 12.5 Å². The number of alkyl halides is 1. The topological polar surface area (TPSA) is 26.3 Å². The number of hydrogen-bond acceptors (Lipinski definition) is 2. The second kappa shape index (κ2) is 4.39. The van der Waals surface area contributed by atoms with Gasteiger partial charge in [0.1, 0.15) is 0 Å². The van der Waals surface area contributed by atoms with E-state index >= 15 is 0 Å². The molecule has 0 rings (SSSR count). The Morgan fingerprint density at radius 2 is 2.33 bits per heavy atom. The molecule has 0 aromatic rings. The maximum absolute atomic E-state index is 10.6. The van der Waals surface area contributed by atoms with Crippen LogP contribution in [0, 0.1) is 0 Å². The van der Waals surface area contributed by atoms with Crippen LogP contribution in [0.25, 0.3) is 0 Å². The number of carbonyl (C=O) groups excluding carboxylic acids is 1. The van der Waals surface area contributed by atoms with Gasteiger partial charge in [-0.3, -0.25) is 0 Å². The van der Waals surface area contributed by atoms with Gasteiger partial charge in [0.05, 0.1) is 12.5 Å². The summed E-state index contributed by atoms with van der Waals surface area (Å²) >= 11 is 5.28. The standard InChI is InChI=1S/C6H9ClO2/c1-3-9-6(8)5(2)4-7/h2-4H2,1H3. The zero-order valence-corrected chi connectivity index (χ0v) is 6.07. The number of esters is 1. The van der Waals surface area contributed by atoms with E-state index in [1.165, 1.54) is 0 Å². The van der Waals surface area contributed by atoms with Crippen LogP contribution in [0.4, 0.5) is 0 Å². The lowest BCUT2D eigenvalue weighted by Gasteiger charge is -1.99. The van der Waals surface area contributed by atoms with Gasteiger partial charge in [-0.2, -0.15) is 0 Å². The fraction of sp³-hybridized carbons (Fsp3) is 0.500. The van der Waals surface area contributed by atoms with E-state index in [0.717, 1.165) is 0 Å². The number of carbonyl (C=O) groups is 1. The summed E-state index contributed by atoms with van der Waals surface area (Å²) in [5.41, 5.74) is 0.304. The van der Waals surface area contributed by atoms with Gasteiger partial charge >= 0.3 is 5.97 Å². The SMILES string of the molecule is C=C(CCl)C(=O)OCC. The summed E-state index contributed by atoms with van der Waals surface area (Å²) in [6.07, 6.45) is 0. The zero-order chi connectivity index (χ0) is 7.28. The molecule has 0 aliphatic heterocycles. The lowest BCUT2D eigenvalue weighted by Crippen LogP contribution is -2.07. The molecule has 0 aromatic heterocycles. The van der Waals surface area contributed by atoms with Gasteiger partial charge in [-0.15, -0.1) is 11.6 Å². The van der Waals surface area contributed by atoms with Crippen LogP contribution in [0.15, 0.2) is 12.2 Å². The third-order valence-electron chi connectivity index (χ3n) is 0.725. The van der Waals surface area contributed by atoms with Gasteiger partial charge in [-0.1, -0.05) is 6.58 Å².